The van der Waals surface area contributed by atoms with Crippen LogP contribution in [0.3, 0.4) is 0 Å². The summed E-state index contributed by atoms with van der Waals surface area (Å²) in [5.74, 6) is 1.24. The number of aliphatic hydroxyl groups excluding tert-OH is 1. The van der Waals surface area contributed by atoms with Crippen molar-refractivity contribution in [3.8, 4) is 0 Å². The van der Waals surface area contributed by atoms with Gasteiger partial charge in [-0.25, -0.2) is 0 Å². The first-order valence-electron chi connectivity index (χ1n) is 8.82. The first-order chi connectivity index (χ1) is 11.1. The fraction of sp³-hybridized carbons (Fsp3) is 0.632. The molecule has 1 aromatic rings. The van der Waals surface area contributed by atoms with Crippen LogP contribution in [-0.4, -0.2) is 29.7 Å². The second-order valence-electron chi connectivity index (χ2n) is 7.37. The van der Waals surface area contributed by atoms with Crippen molar-refractivity contribution in [3.05, 3.63) is 35.9 Å². The maximum absolute atomic E-state index is 12.6. The summed E-state index contributed by atoms with van der Waals surface area (Å²) in [6.07, 6.45) is 3.71. The lowest BCUT2D eigenvalue weighted by Gasteiger charge is -2.28. The number of nitrogens with two attached hydrogens (primary N) is 1. The van der Waals surface area contributed by atoms with Crippen LogP contribution in [0.2, 0.25) is 0 Å². The van der Waals surface area contributed by atoms with Crippen LogP contribution >= 0.6 is 12.4 Å². The van der Waals surface area contributed by atoms with E-state index in [-0.39, 0.29) is 42.3 Å². The van der Waals surface area contributed by atoms with Crippen molar-refractivity contribution in [1.29, 1.82) is 0 Å². The van der Waals surface area contributed by atoms with Gasteiger partial charge in [0.15, 0.2) is 0 Å². The molecule has 3 rings (SSSR count). The minimum atomic E-state index is -0.387. The van der Waals surface area contributed by atoms with Crippen molar-refractivity contribution in [2.75, 3.05) is 6.54 Å². The number of carbonyl (C=O) groups excluding carboxylic acids is 1. The van der Waals surface area contributed by atoms with Gasteiger partial charge in [0.05, 0.1) is 12.0 Å². The summed E-state index contributed by atoms with van der Waals surface area (Å²) < 4.78 is 0. The minimum Gasteiger partial charge on any atom is -0.393 e. The minimum absolute atomic E-state index is 0. The van der Waals surface area contributed by atoms with E-state index in [9.17, 15) is 9.90 Å². The highest BCUT2D eigenvalue weighted by molar-refractivity contribution is 5.85. The molecule has 4 nitrogen and oxygen atoms in total. The maximum atomic E-state index is 12.6. The molecule has 2 aliphatic rings. The Morgan fingerprint density at radius 1 is 1.29 bits per heavy atom. The zero-order valence-electron chi connectivity index (χ0n) is 14.2. The lowest BCUT2D eigenvalue weighted by atomic mass is 9.84. The molecule has 1 aromatic carbocycles. The molecule has 0 heterocycles. The molecule has 6 atom stereocenters. The molecule has 0 aliphatic heterocycles. The summed E-state index contributed by atoms with van der Waals surface area (Å²) >= 11 is 0. The van der Waals surface area contributed by atoms with Crippen molar-refractivity contribution < 1.29 is 9.90 Å². The van der Waals surface area contributed by atoms with Crippen LogP contribution < -0.4 is 11.1 Å². The molecule has 4 N–H and O–H groups in total. The fourth-order valence-electron chi connectivity index (χ4n) is 4.54. The Hall–Kier alpha value is -1.10. The van der Waals surface area contributed by atoms with E-state index in [2.05, 4.69) is 17.4 Å². The van der Waals surface area contributed by atoms with E-state index in [0.717, 1.165) is 18.4 Å². The van der Waals surface area contributed by atoms with E-state index in [0.29, 0.717) is 24.8 Å². The van der Waals surface area contributed by atoms with Gasteiger partial charge >= 0.3 is 0 Å². The van der Waals surface area contributed by atoms with E-state index in [1.807, 2.05) is 18.2 Å². The van der Waals surface area contributed by atoms with Crippen LogP contribution in [0.25, 0.3) is 0 Å². The van der Waals surface area contributed by atoms with Gasteiger partial charge in [-0.3, -0.25) is 4.79 Å². The average molecular weight is 353 g/mol. The number of benzene rings is 1. The van der Waals surface area contributed by atoms with Crippen molar-refractivity contribution in [2.24, 2.45) is 23.5 Å². The Balaban J connectivity index is 0.00000208. The molecule has 2 fully saturated rings. The second-order valence-corrected chi connectivity index (χ2v) is 7.37. The molecule has 2 aliphatic carbocycles. The monoisotopic (exact) mass is 352 g/mol. The third kappa shape index (κ3) is 4.11. The molecule has 24 heavy (non-hydrogen) atoms. The lowest BCUT2D eigenvalue weighted by Crippen LogP contribution is -2.46. The number of rotatable bonds is 6. The van der Waals surface area contributed by atoms with Gasteiger partial charge in [0, 0.05) is 18.5 Å². The van der Waals surface area contributed by atoms with E-state index in [1.54, 1.807) is 6.92 Å². The third-order valence-electron chi connectivity index (χ3n) is 5.70. The molecule has 6 unspecified atom stereocenters. The number of fused-ring (bicyclic) bond motifs is 2. The summed E-state index contributed by atoms with van der Waals surface area (Å²) in [5, 5.41) is 12.9. The Bertz CT molecular complexity index is 535. The normalized spacial score (nSPS) is 30.5. The number of amides is 1. The molecule has 0 radical (unpaired) electrons. The lowest BCUT2D eigenvalue weighted by molar-refractivity contribution is -0.127. The summed E-state index contributed by atoms with van der Waals surface area (Å²) in [5.41, 5.74) is 7.42. The number of carbonyl (C=O) groups is 1. The smallest absolute Gasteiger partial charge is 0.224 e. The second kappa shape index (κ2) is 8.32. The molecule has 1 amide bonds. The number of halogens is 1. The van der Waals surface area contributed by atoms with Crippen molar-refractivity contribution in [3.63, 3.8) is 0 Å². The van der Waals surface area contributed by atoms with E-state index in [1.165, 1.54) is 6.42 Å². The summed E-state index contributed by atoms with van der Waals surface area (Å²) in [6.45, 7) is 2.36. The van der Waals surface area contributed by atoms with Crippen molar-refractivity contribution >= 4 is 18.3 Å². The Kier molecular flexibility index (Phi) is 6.67. The largest absolute Gasteiger partial charge is 0.393 e. The summed E-state index contributed by atoms with van der Waals surface area (Å²) in [7, 11) is 0. The molecule has 5 heteroatoms. The molecular weight excluding hydrogens is 324 g/mol. The van der Waals surface area contributed by atoms with Crippen LogP contribution in [0.5, 0.6) is 0 Å². The number of nitrogens with one attached hydrogen (secondary N) is 1. The average Bonchev–Trinajstić information content (AvgIpc) is 3.12. The third-order valence-corrected chi connectivity index (χ3v) is 5.70. The quantitative estimate of drug-likeness (QED) is 0.736. The molecule has 2 bridgehead atoms. The highest BCUT2D eigenvalue weighted by Crippen LogP contribution is 2.47. The Morgan fingerprint density at radius 3 is 2.54 bits per heavy atom. The van der Waals surface area contributed by atoms with Gasteiger partial charge in [-0.2, -0.15) is 0 Å². The van der Waals surface area contributed by atoms with Gasteiger partial charge in [-0.15, -0.1) is 12.4 Å². The van der Waals surface area contributed by atoms with E-state index >= 15 is 0 Å². The molecule has 0 spiro atoms. The van der Waals surface area contributed by atoms with Crippen LogP contribution in [0.1, 0.15) is 44.1 Å². The fourth-order valence-corrected chi connectivity index (χ4v) is 4.54. The SMILES string of the molecule is CC(O)CC(CNC(=O)C1C2CCC(C2)C1N)c1ccccc1.Cl. The predicted molar refractivity (Wildman–Crippen MR) is 98.0 cm³/mol. The van der Waals surface area contributed by atoms with Crippen LogP contribution in [0.15, 0.2) is 30.3 Å². The van der Waals surface area contributed by atoms with Crippen molar-refractivity contribution in [2.45, 2.75) is 50.7 Å². The highest BCUT2D eigenvalue weighted by atomic mass is 35.5. The standard InChI is InChI=1S/C19H28N2O2.ClH/c1-12(22)9-16(13-5-3-2-4-6-13)11-21-19(23)17-14-7-8-15(10-14)18(17)20;/h2-6,12,14-18,22H,7-11,20H2,1H3,(H,21,23);1H. The first kappa shape index (κ1) is 19.2. The number of hydrogen-bond donors (Lipinski definition) is 3. The molecule has 0 aromatic heterocycles. The summed E-state index contributed by atoms with van der Waals surface area (Å²) in [6, 6.07) is 10.1. The Labute approximate surface area is 150 Å². The predicted octanol–water partition coefficient (Wildman–Crippen LogP) is 2.45. The highest BCUT2D eigenvalue weighted by Gasteiger charge is 2.49. The maximum Gasteiger partial charge on any atom is 0.224 e. The van der Waals surface area contributed by atoms with Gasteiger partial charge in [0.2, 0.25) is 5.91 Å². The number of hydrogen-bond acceptors (Lipinski definition) is 3. The first-order valence-corrected chi connectivity index (χ1v) is 8.82. The molecule has 134 valence electrons. The van der Waals surface area contributed by atoms with Crippen LogP contribution in [0.4, 0.5) is 0 Å². The molecule has 0 saturated heterocycles. The van der Waals surface area contributed by atoms with Gasteiger partial charge in [-0.1, -0.05) is 30.3 Å². The van der Waals surface area contributed by atoms with Gasteiger partial charge < -0.3 is 16.2 Å². The zero-order valence-corrected chi connectivity index (χ0v) is 15.0. The van der Waals surface area contributed by atoms with Crippen LogP contribution in [0, 0.1) is 17.8 Å². The molecular formula is C19H29ClN2O2. The van der Waals surface area contributed by atoms with Crippen molar-refractivity contribution in [1.82, 2.24) is 5.32 Å². The van der Waals surface area contributed by atoms with Gasteiger partial charge in [0.1, 0.15) is 0 Å². The van der Waals surface area contributed by atoms with E-state index < -0.39 is 0 Å². The Morgan fingerprint density at radius 2 is 1.96 bits per heavy atom. The van der Waals surface area contributed by atoms with Gasteiger partial charge in [0.25, 0.3) is 0 Å². The molecule has 2 saturated carbocycles. The van der Waals surface area contributed by atoms with Crippen LogP contribution in [-0.2, 0) is 4.79 Å². The van der Waals surface area contributed by atoms with Gasteiger partial charge in [-0.05, 0) is 50.0 Å². The zero-order chi connectivity index (χ0) is 16.4. The summed E-state index contributed by atoms with van der Waals surface area (Å²) in [4.78, 5) is 12.6. The topological polar surface area (TPSA) is 75.3 Å². The number of aliphatic hydroxyl groups is 1. The van der Waals surface area contributed by atoms with E-state index in [4.69, 9.17) is 5.73 Å².